The summed E-state index contributed by atoms with van der Waals surface area (Å²) in [6, 6.07) is 3.10. The van der Waals surface area contributed by atoms with Crippen molar-refractivity contribution in [3.8, 4) is 0 Å². The number of hydrogen-bond donors (Lipinski definition) is 2. The summed E-state index contributed by atoms with van der Waals surface area (Å²) in [5.74, 6) is 0.0358. The van der Waals surface area contributed by atoms with Gasteiger partial charge in [0.1, 0.15) is 0 Å². The molecular weight excluding hydrogens is 230 g/mol. The smallest absolute Gasteiger partial charge is 0.250 e. The Morgan fingerprint density at radius 1 is 1.56 bits per heavy atom. The molecule has 1 atom stereocenters. The molecule has 5 heteroatoms. The van der Waals surface area contributed by atoms with E-state index in [1.54, 1.807) is 19.3 Å². The van der Waals surface area contributed by atoms with Gasteiger partial charge in [0, 0.05) is 25.9 Å². The number of anilines is 1. The maximum Gasteiger partial charge on any atom is 0.250 e. The van der Waals surface area contributed by atoms with E-state index in [9.17, 15) is 9.59 Å². The maximum absolute atomic E-state index is 12.3. The number of carbonyl (C=O) groups excluding carboxylic acids is 1. The third kappa shape index (κ3) is 2.31. The van der Waals surface area contributed by atoms with Gasteiger partial charge in [0.2, 0.25) is 11.5 Å². The Hall–Kier alpha value is -1.62. The number of hydrogen-bond acceptors (Lipinski definition) is 3. The van der Waals surface area contributed by atoms with Crippen molar-refractivity contribution >= 4 is 11.6 Å². The highest BCUT2D eigenvalue weighted by atomic mass is 16.2. The first-order valence-corrected chi connectivity index (χ1v) is 6.26. The molecule has 0 spiro atoms. The SMILES string of the molecule is CCC1(C(=O)Nc2ccc(=O)n(C)c2)CCNC1. The summed E-state index contributed by atoms with van der Waals surface area (Å²) in [4.78, 5) is 23.6. The molecule has 2 heterocycles. The van der Waals surface area contributed by atoms with Gasteiger partial charge in [-0.15, -0.1) is 0 Å². The highest BCUT2D eigenvalue weighted by Gasteiger charge is 2.39. The lowest BCUT2D eigenvalue weighted by molar-refractivity contribution is -0.124. The fraction of sp³-hybridized carbons (Fsp3) is 0.538. The minimum Gasteiger partial charge on any atom is -0.324 e. The van der Waals surface area contributed by atoms with Gasteiger partial charge in [-0.05, 0) is 25.5 Å². The van der Waals surface area contributed by atoms with E-state index in [2.05, 4.69) is 10.6 Å². The Kier molecular flexibility index (Phi) is 3.52. The largest absolute Gasteiger partial charge is 0.324 e. The van der Waals surface area contributed by atoms with Gasteiger partial charge in [-0.1, -0.05) is 6.92 Å². The quantitative estimate of drug-likeness (QED) is 0.829. The molecule has 0 radical (unpaired) electrons. The molecule has 1 saturated heterocycles. The minimum atomic E-state index is -0.311. The topological polar surface area (TPSA) is 63.1 Å². The normalized spacial score (nSPS) is 23.0. The minimum absolute atomic E-state index is 0.0358. The van der Waals surface area contributed by atoms with E-state index in [1.165, 1.54) is 10.6 Å². The van der Waals surface area contributed by atoms with Gasteiger partial charge >= 0.3 is 0 Å². The molecule has 1 aromatic heterocycles. The van der Waals surface area contributed by atoms with Crippen LogP contribution in [0.3, 0.4) is 0 Å². The van der Waals surface area contributed by atoms with Crippen LogP contribution in [-0.4, -0.2) is 23.6 Å². The van der Waals surface area contributed by atoms with Crippen LogP contribution in [0.4, 0.5) is 5.69 Å². The molecule has 0 aromatic carbocycles. The lowest BCUT2D eigenvalue weighted by Crippen LogP contribution is -2.37. The summed E-state index contributed by atoms with van der Waals surface area (Å²) in [6.45, 7) is 3.64. The molecule has 0 bridgehead atoms. The molecule has 18 heavy (non-hydrogen) atoms. The van der Waals surface area contributed by atoms with Crippen molar-refractivity contribution in [2.75, 3.05) is 18.4 Å². The highest BCUT2D eigenvalue weighted by molar-refractivity contribution is 5.95. The molecule has 5 nitrogen and oxygen atoms in total. The van der Waals surface area contributed by atoms with E-state index >= 15 is 0 Å². The van der Waals surface area contributed by atoms with Crippen molar-refractivity contribution in [2.45, 2.75) is 19.8 Å². The van der Waals surface area contributed by atoms with Crippen LogP contribution in [0.15, 0.2) is 23.1 Å². The van der Waals surface area contributed by atoms with Crippen LogP contribution < -0.4 is 16.2 Å². The molecule has 1 aliphatic rings. The van der Waals surface area contributed by atoms with Crippen LogP contribution in [-0.2, 0) is 11.8 Å². The summed E-state index contributed by atoms with van der Waals surface area (Å²) >= 11 is 0. The third-order valence-corrected chi connectivity index (χ3v) is 3.75. The van der Waals surface area contributed by atoms with Crippen molar-refractivity contribution in [2.24, 2.45) is 12.5 Å². The molecule has 0 aliphatic carbocycles. The highest BCUT2D eigenvalue weighted by Crippen LogP contribution is 2.30. The van der Waals surface area contributed by atoms with Crippen molar-refractivity contribution in [3.63, 3.8) is 0 Å². The van der Waals surface area contributed by atoms with Crippen LogP contribution in [0.5, 0.6) is 0 Å². The molecular formula is C13H19N3O2. The second-order valence-corrected chi connectivity index (χ2v) is 4.88. The second kappa shape index (κ2) is 4.94. The first-order chi connectivity index (χ1) is 8.57. The molecule has 1 unspecified atom stereocenters. The number of aromatic nitrogens is 1. The van der Waals surface area contributed by atoms with Crippen molar-refractivity contribution < 1.29 is 4.79 Å². The zero-order chi connectivity index (χ0) is 13.2. The van der Waals surface area contributed by atoms with Gasteiger partial charge in [-0.2, -0.15) is 0 Å². The van der Waals surface area contributed by atoms with Crippen molar-refractivity contribution in [1.29, 1.82) is 0 Å². The third-order valence-electron chi connectivity index (χ3n) is 3.75. The summed E-state index contributed by atoms with van der Waals surface area (Å²) in [5, 5.41) is 6.14. The first kappa shape index (κ1) is 12.8. The summed E-state index contributed by atoms with van der Waals surface area (Å²) in [7, 11) is 1.67. The van der Waals surface area contributed by atoms with Crippen LogP contribution in [0.25, 0.3) is 0 Å². The average Bonchev–Trinajstić information content (AvgIpc) is 2.84. The van der Waals surface area contributed by atoms with Gasteiger partial charge in [0.15, 0.2) is 0 Å². The van der Waals surface area contributed by atoms with Gasteiger partial charge in [0.05, 0.1) is 11.1 Å². The molecule has 1 fully saturated rings. The summed E-state index contributed by atoms with van der Waals surface area (Å²) < 4.78 is 1.46. The van der Waals surface area contributed by atoms with Gasteiger partial charge in [-0.3, -0.25) is 9.59 Å². The Morgan fingerprint density at radius 3 is 2.89 bits per heavy atom. The predicted octanol–water partition coefficient (Wildman–Crippen LogP) is 0.714. The number of nitrogens with zero attached hydrogens (tertiary/aromatic N) is 1. The number of rotatable bonds is 3. The van der Waals surface area contributed by atoms with E-state index in [0.717, 1.165) is 25.9 Å². The maximum atomic E-state index is 12.3. The van der Waals surface area contributed by atoms with E-state index in [0.29, 0.717) is 5.69 Å². The van der Waals surface area contributed by atoms with E-state index < -0.39 is 0 Å². The number of pyridine rings is 1. The molecule has 2 rings (SSSR count). The van der Waals surface area contributed by atoms with E-state index in [-0.39, 0.29) is 16.9 Å². The predicted molar refractivity (Wildman–Crippen MR) is 70.5 cm³/mol. The molecule has 1 amide bonds. The second-order valence-electron chi connectivity index (χ2n) is 4.88. The van der Waals surface area contributed by atoms with E-state index in [4.69, 9.17) is 0 Å². The molecule has 1 aliphatic heterocycles. The van der Waals surface area contributed by atoms with Crippen LogP contribution in [0.1, 0.15) is 19.8 Å². The standard InChI is InChI=1S/C13H19N3O2/c1-3-13(6-7-14-9-13)12(18)15-10-4-5-11(17)16(2)8-10/h4-5,8,14H,3,6-7,9H2,1-2H3,(H,15,18). The Bertz CT molecular complexity index is 501. The zero-order valence-corrected chi connectivity index (χ0v) is 10.8. The Morgan fingerprint density at radius 2 is 2.33 bits per heavy atom. The summed E-state index contributed by atoms with van der Waals surface area (Å²) in [6.07, 6.45) is 3.32. The Balaban J connectivity index is 2.15. The van der Waals surface area contributed by atoms with Crippen LogP contribution >= 0.6 is 0 Å². The molecule has 2 N–H and O–H groups in total. The van der Waals surface area contributed by atoms with Crippen molar-refractivity contribution in [3.05, 3.63) is 28.7 Å². The van der Waals surface area contributed by atoms with E-state index in [1.807, 2.05) is 6.92 Å². The van der Waals surface area contributed by atoms with Gasteiger partial charge in [-0.25, -0.2) is 0 Å². The first-order valence-electron chi connectivity index (χ1n) is 6.26. The lowest BCUT2D eigenvalue weighted by Gasteiger charge is -2.25. The lowest BCUT2D eigenvalue weighted by atomic mass is 9.83. The van der Waals surface area contributed by atoms with Crippen molar-refractivity contribution in [1.82, 2.24) is 9.88 Å². The number of nitrogens with one attached hydrogen (secondary N) is 2. The fourth-order valence-corrected chi connectivity index (χ4v) is 2.33. The zero-order valence-electron chi connectivity index (χ0n) is 10.8. The fourth-order valence-electron chi connectivity index (χ4n) is 2.33. The van der Waals surface area contributed by atoms with Crippen LogP contribution in [0, 0.1) is 5.41 Å². The van der Waals surface area contributed by atoms with Crippen LogP contribution in [0.2, 0.25) is 0 Å². The molecule has 98 valence electrons. The summed E-state index contributed by atoms with van der Waals surface area (Å²) in [5.41, 5.74) is 0.275. The Labute approximate surface area is 106 Å². The molecule has 1 aromatic rings. The number of amides is 1. The average molecular weight is 249 g/mol. The monoisotopic (exact) mass is 249 g/mol. The molecule has 0 saturated carbocycles. The number of carbonyl (C=O) groups is 1. The number of aryl methyl sites for hydroxylation is 1. The van der Waals surface area contributed by atoms with Gasteiger partial charge in [0.25, 0.3) is 0 Å². The van der Waals surface area contributed by atoms with Gasteiger partial charge < -0.3 is 15.2 Å².